The van der Waals surface area contributed by atoms with Crippen LogP contribution < -0.4 is 16.8 Å². The average molecular weight is 243 g/mol. The standard InChI is InChI=1S/C11H21N3O3/c1-17-6-9(12)11(16)14-8-4-2-7(3-5-8)10(13)15/h7-9H,2-6,12H2,1H3,(H2,13,15)(H,14,16). The van der Waals surface area contributed by atoms with Gasteiger partial charge in [0.1, 0.15) is 6.04 Å². The number of hydrogen-bond donors (Lipinski definition) is 3. The third-order valence-electron chi connectivity index (χ3n) is 3.16. The van der Waals surface area contributed by atoms with Crippen LogP contribution in [0.15, 0.2) is 0 Å². The Balaban J connectivity index is 2.30. The maximum atomic E-state index is 11.6. The Bertz CT molecular complexity index is 275. The van der Waals surface area contributed by atoms with Crippen molar-refractivity contribution in [3.05, 3.63) is 0 Å². The molecule has 0 spiro atoms. The number of hydrogen-bond acceptors (Lipinski definition) is 4. The van der Waals surface area contributed by atoms with Crippen molar-refractivity contribution in [2.75, 3.05) is 13.7 Å². The first-order valence-electron chi connectivity index (χ1n) is 5.88. The predicted molar refractivity (Wildman–Crippen MR) is 62.9 cm³/mol. The van der Waals surface area contributed by atoms with E-state index in [1.54, 1.807) is 0 Å². The minimum Gasteiger partial charge on any atom is -0.383 e. The summed E-state index contributed by atoms with van der Waals surface area (Å²) in [4.78, 5) is 22.6. The van der Waals surface area contributed by atoms with Gasteiger partial charge >= 0.3 is 0 Å². The van der Waals surface area contributed by atoms with Crippen LogP contribution in [0, 0.1) is 5.92 Å². The number of nitrogens with two attached hydrogens (primary N) is 2. The van der Waals surface area contributed by atoms with E-state index in [1.807, 2.05) is 0 Å². The number of carbonyl (C=O) groups is 2. The first kappa shape index (κ1) is 13.9. The van der Waals surface area contributed by atoms with Gasteiger partial charge in [0.15, 0.2) is 0 Å². The van der Waals surface area contributed by atoms with Gasteiger partial charge < -0.3 is 21.5 Å². The van der Waals surface area contributed by atoms with Crippen LogP contribution in [0.2, 0.25) is 0 Å². The second-order valence-corrected chi connectivity index (χ2v) is 4.52. The van der Waals surface area contributed by atoms with E-state index in [0.717, 1.165) is 25.7 Å². The molecule has 0 radical (unpaired) electrons. The number of nitrogens with one attached hydrogen (secondary N) is 1. The number of primary amides is 1. The summed E-state index contributed by atoms with van der Waals surface area (Å²) in [6, 6.07) is -0.533. The quantitative estimate of drug-likeness (QED) is 0.582. The van der Waals surface area contributed by atoms with Gasteiger partial charge in [0.2, 0.25) is 11.8 Å². The molecule has 98 valence electrons. The maximum Gasteiger partial charge on any atom is 0.239 e. The molecular weight excluding hydrogens is 222 g/mol. The van der Waals surface area contributed by atoms with E-state index in [9.17, 15) is 9.59 Å². The second kappa shape index (κ2) is 6.56. The van der Waals surface area contributed by atoms with E-state index < -0.39 is 6.04 Å². The third kappa shape index (κ3) is 4.32. The van der Waals surface area contributed by atoms with Crippen LogP contribution in [0.5, 0.6) is 0 Å². The molecule has 0 aromatic heterocycles. The van der Waals surface area contributed by atoms with Gasteiger partial charge in [-0.1, -0.05) is 0 Å². The lowest BCUT2D eigenvalue weighted by molar-refractivity contribution is -0.124. The smallest absolute Gasteiger partial charge is 0.239 e. The zero-order valence-electron chi connectivity index (χ0n) is 10.1. The highest BCUT2D eigenvalue weighted by atomic mass is 16.5. The summed E-state index contributed by atoms with van der Waals surface area (Å²) in [6.45, 7) is 0.211. The van der Waals surface area contributed by atoms with Crippen LogP contribution in [0.1, 0.15) is 25.7 Å². The summed E-state index contributed by atoms with van der Waals surface area (Å²) in [5.41, 5.74) is 10.8. The molecule has 0 saturated heterocycles. The maximum absolute atomic E-state index is 11.6. The highest BCUT2D eigenvalue weighted by Crippen LogP contribution is 2.23. The molecule has 1 saturated carbocycles. The van der Waals surface area contributed by atoms with Crippen molar-refractivity contribution < 1.29 is 14.3 Å². The molecule has 1 atom stereocenters. The van der Waals surface area contributed by atoms with E-state index in [2.05, 4.69) is 5.32 Å². The van der Waals surface area contributed by atoms with Crippen LogP contribution in [0.25, 0.3) is 0 Å². The number of amides is 2. The van der Waals surface area contributed by atoms with Crippen molar-refractivity contribution in [2.24, 2.45) is 17.4 Å². The van der Waals surface area contributed by atoms with Gasteiger partial charge in [-0.3, -0.25) is 9.59 Å². The number of methoxy groups -OCH3 is 1. The van der Waals surface area contributed by atoms with E-state index in [0.29, 0.717) is 0 Å². The Kier molecular flexibility index (Phi) is 5.37. The molecule has 1 aliphatic carbocycles. The van der Waals surface area contributed by atoms with Gasteiger partial charge in [-0.2, -0.15) is 0 Å². The zero-order valence-corrected chi connectivity index (χ0v) is 10.1. The van der Waals surface area contributed by atoms with Gasteiger partial charge in [0.05, 0.1) is 6.61 Å². The van der Waals surface area contributed by atoms with Gasteiger partial charge in [-0.25, -0.2) is 0 Å². The molecule has 1 unspecified atom stereocenters. The first-order chi connectivity index (χ1) is 8.04. The summed E-state index contributed by atoms with van der Waals surface area (Å²) in [5, 5.41) is 2.87. The topological polar surface area (TPSA) is 107 Å². The van der Waals surface area contributed by atoms with E-state index in [-0.39, 0.29) is 30.4 Å². The largest absolute Gasteiger partial charge is 0.383 e. The van der Waals surface area contributed by atoms with Crippen LogP contribution >= 0.6 is 0 Å². The molecule has 2 amide bonds. The van der Waals surface area contributed by atoms with Crippen LogP contribution in [-0.2, 0) is 14.3 Å². The van der Waals surface area contributed by atoms with Crippen molar-refractivity contribution in [1.29, 1.82) is 0 Å². The normalized spacial score (nSPS) is 26.2. The van der Waals surface area contributed by atoms with Gasteiger partial charge in [0, 0.05) is 19.1 Å². The molecule has 0 aromatic carbocycles. The van der Waals surface area contributed by atoms with Crippen LogP contribution in [-0.4, -0.2) is 37.6 Å². The molecule has 1 rings (SSSR count). The lowest BCUT2D eigenvalue weighted by atomic mass is 9.85. The molecule has 6 heteroatoms. The minimum absolute atomic E-state index is 0.0456. The molecule has 1 aliphatic rings. The highest BCUT2D eigenvalue weighted by molar-refractivity contribution is 5.82. The highest BCUT2D eigenvalue weighted by Gasteiger charge is 2.26. The Morgan fingerprint density at radius 1 is 1.35 bits per heavy atom. The summed E-state index contributed by atoms with van der Waals surface area (Å²) in [5.74, 6) is -0.490. The Morgan fingerprint density at radius 2 is 1.94 bits per heavy atom. The molecule has 1 fully saturated rings. The number of carbonyl (C=O) groups excluding carboxylic acids is 2. The van der Waals surface area contributed by atoms with Crippen molar-refractivity contribution in [1.82, 2.24) is 5.32 Å². The molecule has 0 bridgehead atoms. The number of ether oxygens (including phenoxy) is 1. The third-order valence-corrected chi connectivity index (χ3v) is 3.16. The van der Waals surface area contributed by atoms with Crippen molar-refractivity contribution in [2.45, 2.75) is 37.8 Å². The summed E-state index contributed by atoms with van der Waals surface area (Å²) in [7, 11) is 1.51. The van der Waals surface area contributed by atoms with Gasteiger partial charge in [-0.05, 0) is 25.7 Å². The molecule has 17 heavy (non-hydrogen) atoms. The molecule has 0 aromatic rings. The average Bonchev–Trinajstić information content (AvgIpc) is 2.30. The minimum atomic E-state index is -0.631. The number of rotatable bonds is 5. The zero-order chi connectivity index (χ0) is 12.8. The van der Waals surface area contributed by atoms with Crippen molar-refractivity contribution >= 4 is 11.8 Å². The molecule has 5 N–H and O–H groups in total. The Labute approximate surface area is 101 Å². The fourth-order valence-corrected chi connectivity index (χ4v) is 2.09. The lowest BCUT2D eigenvalue weighted by Gasteiger charge is -2.28. The molecule has 6 nitrogen and oxygen atoms in total. The SMILES string of the molecule is COCC(N)C(=O)NC1CCC(C(N)=O)CC1. The molecule has 0 heterocycles. The molecular formula is C11H21N3O3. The fraction of sp³-hybridized carbons (Fsp3) is 0.818. The fourth-order valence-electron chi connectivity index (χ4n) is 2.09. The van der Waals surface area contributed by atoms with Crippen molar-refractivity contribution in [3.8, 4) is 0 Å². The lowest BCUT2D eigenvalue weighted by Crippen LogP contribution is -2.48. The van der Waals surface area contributed by atoms with Crippen LogP contribution in [0.3, 0.4) is 0 Å². The van der Waals surface area contributed by atoms with E-state index in [1.165, 1.54) is 7.11 Å². The first-order valence-corrected chi connectivity index (χ1v) is 5.88. The molecule has 0 aliphatic heterocycles. The van der Waals surface area contributed by atoms with Gasteiger partial charge in [-0.15, -0.1) is 0 Å². The van der Waals surface area contributed by atoms with E-state index in [4.69, 9.17) is 16.2 Å². The summed E-state index contributed by atoms with van der Waals surface area (Å²) in [6.07, 6.45) is 3.03. The Morgan fingerprint density at radius 3 is 2.41 bits per heavy atom. The Hall–Kier alpha value is -1.14. The van der Waals surface area contributed by atoms with Crippen LogP contribution in [0.4, 0.5) is 0 Å². The van der Waals surface area contributed by atoms with E-state index >= 15 is 0 Å². The predicted octanol–water partition coefficient (Wildman–Crippen LogP) is -0.880. The summed E-state index contributed by atoms with van der Waals surface area (Å²) >= 11 is 0. The second-order valence-electron chi connectivity index (χ2n) is 4.52. The monoisotopic (exact) mass is 243 g/mol. The summed E-state index contributed by atoms with van der Waals surface area (Å²) < 4.78 is 4.82. The van der Waals surface area contributed by atoms with Crippen molar-refractivity contribution in [3.63, 3.8) is 0 Å². The van der Waals surface area contributed by atoms with Gasteiger partial charge in [0.25, 0.3) is 0 Å².